The maximum atomic E-state index is 13.2. The van der Waals surface area contributed by atoms with Gasteiger partial charge in [0.2, 0.25) is 12.2 Å². The Morgan fingerprint density at radius 1 is 0.771 bits per heavy atom. The fourth-order valence-corrected chi connectivity index (χ4v) is 3.69. The Morgan fingerprint density at radius 3 is 1.77 bits per heavy atom. The predicted octanol–water partition coefficient (Wildman–Crippen LogP) is 4.38. The zero-order valence-corrected chi connectivity index (χ0v) is 21.0. The van der Waals surface area contributed by atoms with Gasteiger partial charge >= 0.3 is 17.9 Å². The molecule has 0 heterocycles. The normalized spacial score (nSPS) is 12.2. The summed E-state index contributed by atoms with van der Waals surface area (Å²) in [5.41, 5.74) is 2.11. The molecule has 0 aromatic heterocycles. The first-order chi connectivity index (χ1) is 16.7. The third-order valence-electron chi connectivity index (χ3n) is 4.88. The number of nitrogens with one attached hydrogen (secondary N) is 1. The Labute approximate surface area is 215 Å². The highest BCUT2D eigenvalue weighted by Gasteiger charge is 2.41. The van der Waals surface area contributed by atoms with Gasteiger partial charge in [0.1, 0.15) is 0 Å². The van der Waals surface area contributed by atoms with Crippen molar-refractivity contribution in [2.75, 3.05) is 5.32 Å². The molecule has 0 aliphatic rings. The number of rotatable bonds is 8. The minimum atomic E-state index is -2.10. The molecule has 3 aromatic carbocycles. The first kappa shape index (κ1) is 25.9. The van der Waals surface area contributed by atoms with Crippen molar-refractivity contribution in [2.45, 2.75) is 26.1 Å². The fourth-order valence-electron chi connectivity index (χ4n) is 3.17. The number of hydrogen-bond donors (Lipinski definition) is 2. The van der Waals surface area contributed by atoms with Gasteiger partial charge in [-0.2, -0.15) is 0 Å². The standard InChI is InChI=1S/C26H22INO7/c1-15-7-5-9-17(13-15)25(32)34-21(23(29)28-20-12-4-3-11-19(20)27)22(24(30)31)35-26(33)18-10-6-8-16(2)14-18/h3-14,21-22H,1-2H3,(H,28,29)(H,30,31)/t21-,22+/m0/s1. The number of carbonyl (C=O) groups is 4. The molecule has 2 N–H and O–H groups in total. The van der Waals surface area contributed by atoms with Crippen LogP contribution < -0.4 is 5.32 Å². The molecule has 1 amide bonds. The van der Waals surface area contributed by atoms with E-state index in [1.54, 1.807) is 62.4 Å². The Hall–Kier alpha value is -3.73. The number of carboxylic acid groups (broad SMARTS) is 1. The molecule has 0 bridgehead atoms. The molecule has 0 radical (unpaired) electrons. The maximum absolute atomic E-state index is 13.2. The molecular formula is C26H22INO7. The predicted molar refractivity (Wildman–Crippen MR) is 136 cm³/mol. The van der Waals surface area contributed by atoms with Gasteiger partial charge in [-0.1, -0.05) is 47.5 Å². The second-order valence-corrected chi connectivity index (χ2v) is 8.86. The van der Waals surface area contributed by atoms with Gasteiger partial charge in [-0.3, -0.25) is 4.79 Å². The van der Waals surface area contributed by atoms with Crippen LogP contribution in [0.2, 0.25) is 0 Å². The SMILES string of the molecule is Cc1cccc(C(=O)O[C@H](C(=O)Nc2ccccc2I)[C@@H](OC(=O)c2cccc(C)c2)C(=O)O)c1. The topological polar surface area (TPSA) is 119 Å². The minimum absolute atomic E-state index is 0.0954. The molecule has 0 unspecified atom stereocenters. The Kier molecular flexibility index (Phi) is 8.58. The van der Waals surface area contributed by atoms with Crippen LogP contribution in [0.3, 0.4) is 0 Å². The second-order valence-electron chi connectivity index (χ2n) is 7.70. The number of carboxylic acids is 1. The summed E-state index contributed by atoms with van der Waals surface area (Å²) in [6.07, 6.45) is -4.07. The highest BCUT2D eigenvalue weighted by atomic mass is 127. The van der Waals surface area contributed by atoms with Gasteiger partial charge < -0.3 is 19.9 Å². The number of halogens is 1. The third kappa shape index (κ3) is 6.89. The second kappa shape index (κ2) is 11.6. The molecule has 0 fully saturated rings. The van der Waals surface area contributed by atoms with Crippen molar-refractivity contribution >= 4 is 52.1 Å². The molecule has 0 saturated heterocycles. The summed E-state index contributed by atoms with van der Waals surface area (Å²) < 4.78 is 11.2. The lowest BCUT2D eigenvalue weighted by molar-refractivity contribution is -0.157. The zero-order valence-electron chi connectivity index (χ0n) is 18.9. The van der Waals surface area contributed by atoms with E-state index in [-0.39, 0.29) is 11.1 Å². The summed E-state index contributed by atoms with van der Waals surface area (Å²) >= 11 is 1.99. The number of hydrogen-bond acceptors (Lipinski definition) is 6. The van der Waals surface area contributed by atoms with Gasteiger partial charge in [0.15, 0.2) is 0 Å². The van der Waals surface area contributed by atoms with E-state index in [1.807, 2.05) is 22.6 Å². The third-order valence-corrected chi connectivity index (χ3v) is 5.82. The van der Waals surface area contributed by atoms with E-state index in [0.29, 0.717) is 9.26 Å². The van der Waals surface area contributed by atoms with E-state index in [0.717, 1.165) is 11.1 Å². The van der Waals surface area contributed by atoms with Crippen LogP contribution in [0.25, 0.3) is 0 Å². The van der Waals surface area contributed by atoms with E-state index in [1.165, 1.54) is 24.3 Å². The summed E-state index contributed by atoms with van der Waals surface area (Å²) in [5.74, 6) is -4.51. The van der Waals surface area contributed by atoms with Crippen LogP contribution in [0, 0.1) is 17.4 Å². The van der Waals surface area contributed by atoms with Gasteiger partial charge in [0, 0.05) is 3.57 Å². The molecular weight excluding hydrogens is 565 g/mol. The first-order valence-electron chi connectivity index (χ1n) is 10.5. The van der Waals surface area contributed by atoms with Crippen LogP contribution in [0.15, 0.2) is 72.8 Å². The molecule has 180 valence electrons. The quantitative estimate of drug-likeness (QED) is 0.297. The molecule has 9 heteroatoms. The number of anilines is 1. The molecule has 2 atom stereocenters. The average Bonchev–Trinajstić information content (AvgIpc) is 2.82. The summed E-state index contributed by atoms with van der Waals surface area (Å²) in [6.45, 7) is 3.52. The molecule has 3 aromatic rings. The smallest absolute Gasteiger partial charge is 0.349 e. The number of esters is 2. The number of ether oxygens (including phenoxy) is 2. The number of aryl methyl sites for hydroxylation is 2. The fraction of sp³-hybridized carbons (Fsp3) is 0.154. The molecule has 3 rings (SSSR count). The lowest BCUT2D eigenvalue weighted by Crippen LogP contribution is -2.48. The van der Waals surface area contributed by atoms with Crippen molar-refractivity contribution in [1.82, 2.24) is 0 Å². The summed E-state index contributed by atoms with van der Waals surface area (Å²) in [5, 5.41) is 12.4. The van der Waals surface area contributed by atoms with Crippen molar-refractivity contribution in [1.29, 1.82) is 0 Å². The van der Waals surface area contributed by atoms with Crippen LogP contribution in [0.4, 0.5) is 5.69 Å². The zero-order chi connectivity index (χ0) is 25.5. The number of carbonyl (C=O) groups excluding carboxylic acids is 3. The minimum Gasteiger partial charge on any atom is -0.478 e. The average molecular weight is 587 g/mol. The Balaban J connectivity index is 1.93. The van der Waals surface area contributed by atoms with E-state index >= 15 is 0 Å². The van der Waals surface area contributed by atoms with Gasteiger partial charge in [-0.15, -0.1) is 0 Å². The van der Waals surface area contributed by atoms with Crippen LogP contribution in [-0.2, 0) is 19.1 Å². The number of benzene rings is 3. The summed E-state index contributed by atoms with van der Waals surface area (Å²) in [7, 11) is 0. The highest BCUT2D eigenvalue weighted by molar-refractivity contribution is 14.1. The van der Waals surface area contributed by atoms with Crippen LogP contribution in [0.1, 0.15) is 31.8 Å². The van der Waals surface area contributed by atoms with Gasteiger partial charge in [-0.05, 0) is 72.8 Å². The van der Waals surface area contributed by atoms with E-state index in [4.69, 9.17) is 9.47 Å². The number of amides is 1. The molecule has 0 aliphatic heterocycles. The summed E-state index contributed by atoms with van der Waals surface area (Å²) in [6, 6.07) is 19.5. The van der Waals surface area contributed by atoms with Crippen LogP contribution in [0.5, 0.6) is 0 Å². The van der Waals surface area contributed by atoms with Crippen LogP contribution in [-0.4, -0.2) is 41.1 Å². The van der Waals surface area contributed by atoms with Crippen molar-refractivity contribution in [3.8, 4) is 0 Å². The molecule has 8 nitrogen and oxygen atoms in total. The first-order valence-corrected chi connectivity index (χ1v) is 11.6. The van der Waals surface area contributed by atoms with E-state index < -0.39 is 36.0 Å². The molecule has 0 aliphatic carbocycles. The van der Waals surface area contributed by atoms with E-state index in [9.17, 15) is 24.3 Å². The largest absolute Gasteiger partial charge is 0.478 e. The maximum Gasteiger partial charge on any atom is 0.349 e. The van der Waals surface area contributed by atoms with Gasteiger partial charge in [-0.25, -0.2) is 14.4 Å². The van der Waals surface area contributed by atoms with Crippen molar-refractivity contribution in [3.05, 3.63) is 98.6 Å². The Morgan fingerprint density at radius 2 is 1.29 bits per heavy atom. The Bertz CT molecular complexity index is 1270. The molecule has 35 heavy (non-hydrogen) atoms. The lowest BCUT2D eigenvalue weighted by Gasteiger charge is -2.24. The lowest BCUT2D eigenvalue weighted by atomic mass is 10.1. The number of para-hydroxylation sites is 1. The van der Waals surface area contributed by atoms with Crippen molar-refractivity contribution < 1.29 is 33.8 Å². The van der Waals surface area contributed by atoms with Gasteiger partial charge in [0.05, 0.1) is 16.8 Å². The highest BCUT2D eigenvalue weighted by Crippen LogP contribution is 2.20. The monoisotopic (exact) mass is 587 g/mol. The van der Waals surface area contributed by atoms with Gasteiger partial charge in [0.25, 0.3) is 5.91 Å². The molecule has 0 saturated carbocycles. The number of aliphatic carboxylic acids is 1. The van der Waals surface area contributed by atoms with Crippen molar-refractivity contribution in [2.24, 2.45) is 0 Å². The van der Waals surface area contributed by atoms with Crippen molar-refractivity contribution in [3.63, 3.8) is 0 Å². The summed E-state index contributed by atoms with van der Waals surface area (Å²) in [4.78, 5) is 50.8. The van der Waals surface area contributed by atoms with Crippen LogP contribution >= 0.6 is 22.6 Å². The van der Waals surface area contributed by atoms with E-state index in [2.05, 4.69) is 5.32 Å². The molecule has 0 spiro atoms.